The summed E-state index contributed by atoms with van der Waals surface area (Å²) < 4.78 is 2.00. The number of amides is 2. The van der Waals surface area contributed by atoms with Gasteiger partial charge < -0.3 is 9.88 Å². The fourth-order valence-corrected chi connectivity index (χ4v) is 3.58. The molecule has 2 N–H and O–H groups in total. The summed E-state index contributed by atoms with van der Waals surface area (Å²) in [6.45, 7) is 8.04. The molecule has 0 fully saturated rings. The zero-order valence-corrected chi connectivity index (χ0v) is 19.8. The molecule has 6 nitrogen and oxygen atoms in total. The molecule has 0 saturated heterocycles. The van der Waals surface area contributed by atoms with Crippen LogP contribution in [0.2, 0.25) is 10.0 Å². The monoisotopic (exact) mass is 470 g/mol. The molecular weight excluding hydrogens is 447 g/mol. The third-order valence-corrected chi connectivity index (χ3v) is 5.78. The van der Waals surface area contributed by atoms with Crippen molar-refractivity contribution < 1.29 is 9.59 Å². The smallest absolute Gasteiger partial charge is 0.318 e. The van der Waals surface area contributed by atoms with Gasteiger partial charge >= 0.3 is 11.8 Å². The molecular formula is C24H24Cl2N4O2. The molecule has 0 spiro atoms. The highest BCUT2D eigenvalue weighted by molar-refractivity contribution is 6.42. The quantitative estimate of drug-likeness (QED) is 0.288. The lowest BCUT2D eigenvalue weighted by Crippen LogP contribution is -2.32. The Kier molecular flexibility index (Phi) is 7.38. The molecule has 1 heterocycles. The lowest BCUT2D eigenvalue weighted by atomic mass is 10.0. The molecule has 1 aromatic heterocycles. The Labute approximate surface area is 197 Å². The first-order chi connectivity index (χ1) is 15.2. The minimum absolute atomic E-state index is 0.385. The van der Waals surface area contributed by atoms with Crippen LogP contribution >= 0.6 is 23.2 Å². The molecule has 32 heavy (non-hydrogen) atoms. The van der Waals surface area contributed by atoms with Crippen LogP contribution < -0.4 is 10.7 Å². The Balaban J connectivity index is 1.66. The summed E-state index contributed by atoms with van der Waals surface area (Å²) in [5.74, 6) is -1.26. The van der Waals surface area contributed by atoms with Crippen molar-refractivity contribution in [2.75, 3.05) is 5.32 Å². The van der Waals surface area contributed by atoms with Gasteiger partial charge in [-0.2, -0.15) is 5.10 Å². The molecule has 0 unspecified atom stereocenters. The summed E-state index contributed by atoms with van der Waals surface area (Å²) in [6.07, 6.45) is 1.50. The van der Waals surface area contributed by atoms with Crippen molar-refractivity contribution >= 4 is 46.9 Å². The second-order valence-electron chi connectivity index (χ2n) is 7.69. The van der Waals surface area contributed by atoms with E-state index in [-0.39, 0.29) is 0 Å². The third-order valence-electron chi connectivity index (χ3n) is 5.04. The number of carbonyl (C=O) groups is 2. The Bertz CT molecular complexity index is 1180. The number of hydrogen-bond acceptors (Lipinski definition) is 3. The van der Waals surface area contributed by atoms with Gasteiger partial charge in [-0.15, -0.1) is 0 Å². The van der Waals surface area contributed by atoms with Crippen LogP contribution in [0.15, 0.2) is 53.6 Å². The van der Waals surface area contributed by atoms with Gasteiger partial charge in [0.05, 0.1) is 16.3 Å². The van der Waals surface area contributed by atoms with Gasteiger partial charge in [0.25, 0.3) is 0 Å². The molecule has 0 aliphatic carbocycles. The van der Waals surface area contributed by atoms with Crippen LogP contribution in [0.3, 0.4) is 0 Å². The normalized spacial score (nSPS) is 11.2. The number of carbonyl (C=O) groups excluding carboxylic acids is 2. The van der Waals surface area contributed by atoms with Gasteiger partial charge in [-0.05, 0) is 61.7 Å². The maximum absolute atomic E-state index is 12.1. The standard InChI is InChI=1S/C24H24Cl2N4O2/c1-14(2)17-5-7-19(8-6-17)28-23(31)24(32)29-27-13-18-11-15(3)30(16(18)4)20-9-10-21(25)22(26)12-20/h5-14H,1-4H3,(H,28,31)(H,29,32)/b27-13-. The van der Waals surface area contributed by atoms with E-state index in [2.05, 4.69) is 29.7 Å². The Morgan fingerprint density at radius 2 is 1.66 bits per heavy atom. The molecule has 0 aliphatic heterocycles. The van der Waals surface area contributed by atoms with Crippen LogP contribution in [0.1, 0.15) is 42.3 Å². The highest BCUT2D eigenvalue weighted by atomic mass is 35.5. The van der Waals surface area contributed by atoms with E-state index in [1.165, 1.54) is 6.21 Å². The lowest BCUT2D eigenvalue weighted by Gasteiger charge is -2.10. The molecule has 2 amide bonds. The highest BCUT2D eigenvalue weighted by Gasteiger charge is 2.14. The van der Waals surface area contributed by atoms with Gasteiger partial charge in [-0.3, -0.25) is 9.59 Å². The summed E-state index contributed by atoms with van der Waals surface area (Å²) in [5, 5.41) is 7.44. The van der Waals surface area contributed by atoms with E-state index in [9.17, 15) is 9.59 Å². The molecule has 0 radical (unpaired) electrons. The first kappa shape index (κ1) is 23.6. The van der Waals surface area contributed by atoms with E-state index in [0.29, 0.717) is 21.7 Å². The van der Waals surface area contributed by atoms with Crippen molar-refractivity contribution in [2.45, 2.75) is 33.6 Å². The second kappa shape index (κ2) is 10.0. The molecule has 3 aromatic rings. The van der Waals surface area contributed by atoms with Crippen molar-refractivity contribution in [3.05, 3.63) is 81.1 Å². The Morgan fingerprint density at radius 1 is 0.969 bits per heavy atom. The van der Waals surface area contributed by atoms with Crippen LogP contribution in [-0.2, 0) is 9.59 Å². The van der Waals surface area contributed by atoms with Gasteiger partial charge in [-0.25, -0.2) is 5.43 Å². The number of nitrogens with one attached hydrogen (secondary N) is 2. The highest BCUT2D eigenvalue weighted by Crippen LogP contribution is 2.27. The van der Waals surface area contributed by atoms with Crippen LogP contribution in [0.25, 0.3) is 5.69 Å². The van der Waals surface area contributed by atoms with E-state index >= 15 is 0 Å². The fraction of sp³-hybridized carbons (Fsp3) is 0.208. The molecule has 8 heteroatoms. The average Bonchev–Trinajstić information content (AvgIpc) is 3.03. The number of benzene rings is 2. The maximum Gasteiger partial charge on any atom is 0.329 e. The largest absolute Gasteiger partial charge is 0.329 e. The fourth-order valence-electron chi connectivity index (χ4n) is 3.29. The number of hydrogen-bond donors (Lipinski definition) is 2. The summed E-state index contributed by atoms with van der Waals surface area (Å²) in [4.78, 5) is 24.2. The number of aryl methyl sites for hydroxylation is 1. The molecule has 0 aliphatic rings. The zero-order chi connectivity index (χ0) is 23.4. The molecule has 0 atom stereocenters. The van der Waals surface area contributed by atoms with E-state index < -0.39 is 11.8 Å². The van der Waals surface area contributed by atoms with Crippen LogP contribution in [0, 0.1) is 13.8 Å². The molecule has 0 saturated carbocycles. The van der Waals surface area contributed by atoms with Crippen molar-refractivity contribution in [3.8, 4) is 5.69 Å². The molecule has 0 bridgehead atoms. The number of anilines is 1. The molecule has 3 rings (SSSR count). The number of hydrazone groups is 1. The van der Waals surface area contributed by atoms with Crippen molar-refractivity contribution in [3.63, 3.8) is 0 Å². The maximum atomic E-state index is 12.1. The Morgan fingerprint density at radius 3 is 2.28 bits per heavy atom. The molecule has 166 valence electrons. The van der Waals surface area contributed by atoms with E-state index in [0.717, 1.165) is 28.2 Å². The number of nitrogens with zero attached hydrogens (tertiary/aromatic N) is 2. The first-order valence-corrected chi connectivity index (χ1v) is 10.8. The second-order valence-corrected chi connectivity index (χ2v) is 8.50. The van der Waals surface area contributed by atoms with Gasteiger partial charge in [0, 0.05) is 28.3 Å². The summed E-state index contributed by atoms with van der Waals surface area (Å²) in [7, 11) is 0. The van der Waals surface area contributed by atoms with Crippen LogP contribution in [0.5, 0.6) is 0 Å². The van der Waals surface area contributed by atoms with Crippen LogP contribution in [0.4, 0.5) is 5.69 Å². The van der Waals surface area contributed by atoms with Gasteiger partial charge in [-0.1, -0.05) is 49.2 Å². The van der Waals surface area contributed by atoms with Gasteiger partial charge in [0.1, 0.15) is 0 Å². The van der Waals surface area contributed by atoms with Crippen LogP contribution in [-0.4, -0.2) is 22.6 Å². The van der Waals surface area contributed by atoms with Crippen molar-refractivity contribution in [1.29, 1.82) is 0 Å². The lowest BCUT2D eigenvalue weighted by molar-refractivity contribution is -0.136. The summed E-state index contributed by atoms with van der Waals surface area (Å²) >= 11 is 12.2. The number of halogens is 2. The Hall–Kier alpha value is -3.09. The van der Waals surface area contributed by atoms with Gasteiger partial charge in [0.2, 0.25) is 0 Å². The predicted molar refractivity (Wildman–Crippen MR) is 130 cm³/mol. The topological polar surface area (TPSA) is 75.5 Å². The number of rotatable bonds is 5. The average molecular weight is 471 g/mol. The SMILES string of the molecule is Cc1cc(/C=N\NC(=O)C(=O)Nc2ccc(C(C)C)cc2)c(C)n1-c1ccc(Cl)c(Cl)c1. The summed E-state index contributed by atoms with van der Waals surface area (Å²) in [5.41, 5.74) is 7.46. The van der Waals surface area contributed by atoms with Crippen molar-refractivity contribution in [1.82, 2.24) is 9.99 Å². The van der Waals surface area contributed by atoms with E-state index in [1.807, 2.05) is 42.7 Å². The van der Waals surface area contributed by atoms with E-state index in [4.69, 9.17) is 23.2 Å². The minimum Gasteiger partial charge on any atom is -0.318 e. The van der Waals surface area contributed by atoms with E-state index in [1.54, 1.807) is 24.3 Å². The zero-order valence-electron chi connectivity index (χ0n) is 18.2. The minimum atomic E-state index is -0.854. The third kappa shape index (κ3) is 5.39. The predicted octanol–water partition coefficient (Wildman–Crippen LogP) is 5.61. The summed E-state index contributed by atoms with van der Waals surface area (Å²) in [6, 6.07) is 14.7. The van der Waals surface area contributed by atoms with Crippen molar-refractivity contribution in [2.24, 2.45) is 5.10 Å². The number of aromatic nitrogens is 1. The van der Waals surface area contributed by atoms with Gasteiger partial charge in [0.15, 0.2) is 0 Å². The first-order valence-electron chi connectivity index (χ1n) is 10.1. The molecule has 2 aromatic carbocycles.